The summed E-state index contributed by atoms with van der Waals surface area (Å²) in [5.41, 5.74) is 0.242. The van der Waals surface area contributed by atoms with Gasteiger partial charge in [-0.2, -0.15) is 0 Å². The number of hydrogen-bond donors (Lipinski definition) is 1. The SMILES string of the molecule is CCC1CN(c2ccc(C(=O)Nc3ccccn3)c(F)c2)C(=O)O1. The summed E-state index contributed by atoms with van der Waals surface area (Å²) in [5, 5.41) is 2.52. The number of halogens is 1. The van der Waals surface area contributed by atoms with E-state index in [0.717, 1.165) is 6.07 Å². The molecule has 1 aromatic heterocycles. The van der Waals surface area contributed by atoms with Gasteiger partial charge in [0, 0.05) is 6.20 Å². The number of benzene rings is 1. The van der Waals surface area contributed by atoms with Gasteiger partial charge in [-0.3, -0.25) is 9.69 Å². The zero-order chi connectivity index (χ0) is 17.1. The number of nitrogens with zero attached hydrogens (tertiary/aromatic N) is 2. The van der Waals surface area contributed by atoms with E-state index in [-0.39, 0.29) is 11.7 Å². The molecule has 24 heavy (non-hydrogen) atoms. The number of ether oxygens (including phenoxy) is 1. The van der Waals surface area contributed by atoms with Crippen LogP contribution in [0.25, 0.3) is 0 Å². The molecule has 2 amide bonds. The first-order valence-corrected chi connectivity index (χ1v) is 7.58. The summed E-state index contributed by atoms with van der Waals surface area (Å²) >= 11 is 0. The van der Waals surface area contributed by atoms with E-state index >= 15 is 0 Å². The van der Waals surface area contributed by atoms with Crippen molar-refractivity contribution in [3.05, 3.63) is 54.0 Å². The third-order valence-corrected chi connectivity index (χ3v) is 3.74. The van der Waals surface area contributed by atoms with Crippen molar-refractivity contribution in [2.24, 2.45) is 0 Å². The van der Waals surface area contributed by atoms with Crippen molar-refractivity contribution in [3.8, 4) is 0 Å². The molecule has 1 N–H and O–H groups in total. The van der Waals surface area contributed by atoms with Crippen LogP contribution >= 0.6 is 0 Å². The number of cyclic esters (lactones) is 1. The largest absolute Gasteiger partial charge is 0.444 e. The molecule has 1 aliphatic rings. The second-order valence-electron chi connectivity index (χ2n) is 5.36. The second kappa shape index (κ2) is 6.66. The molecule has 1 atom stereocenters. The van der Waals surface area contributed by atoms with Crippen molar-refractivity contribution in [3.63, 3.8) is 0 Å². The van der Waals surface area contributed by atoms with E-state index in [1.807, 2.05) is 6.92 Å². The topological polar surface area (TPSA) is 71.5 Å². The van der Waals surface area contributed by atoms with Gasteiger partial charge >= 0.3 is 6.09 Å². The van der Waals surface area contributed by atoms with Crippen LogP contribution in [-0.2, 0) is 4.74 Å². The van der Waals surface area contributed by atoms with E-state index in [0.29, 0.717) is 24.5 Å². The lowest BCUT2D eigenvalue weighted by Gasteiger charge is -2.14. The summed E-state index contributed by atoms with van der Waals surface area (Å²) in [6, 6.07) is 9.06. The average molecular weight is 329 g/mol. The average Bonchev–Trinajstić information content (AvgIpc) is 2.96. The smallest absolute Gasteiger partial charge is 0.414 e. The van der Waals surface area contributed by atoms with E-state index in [4.69, 9.17) is 4.74 Å². The first-order chi connectivity index (χ1) is 11.6. The van der Waals surface area contributed by atoms with Gasteiger partial charge in [-0.1, -0.05) is 13.0 Å². The minimum absolute atomic E-state index is 0.121. The molecule has 0 aliphatic carbocycles. The lowest BCUT2D eigenvalue weighted by molar-refractivity contribution is 0.102. The fraction of sp³-hybridized carbons (Fsp3) is 0.235. The Morgan fingerprint density at radius 3 is 2.88 bits per heavy atom. The van der Waals surface area contributed by atoms with Gasteiger partial charge in [0.1, 0.15) is 17.7 Å². The Bertz CT molecular complexity index is 767. The minimum atomic E-state index is -0.714. The standard InChI is InChI=1S/C17H16FN3O3/c1-2-12-10-21(17(23)24-12)11-6-7-13(14(18)9-11)16(22)20-15-5-3-4-8-19-15/h3-9,12H,2,10H2,1H3,(H,19,20,22). The predicted octanol–water partition coefficient (Wildman–Crippen LogP) is 3.21. The maximum Gasteiger partial charge on any atom is 0.414 e. The first kappa shape index (κ1) is 15.9. The number of hydrogen-bond acceptors (Lipinski definition) is 4. The van der Waals surface area contributed by atoms with Gasteiger partial charge in [0.15, 0.2) is 0 Å². The minimum Gasteiger partial charge on any atom is -0.444 e. The first-order valence-electron chi connectivity index (χ1n) is 7.58. The van der Waals surface area contributed by atoms with Gasteiger partial charge in [-0.05, 0) is 36.8 Å². The highest BCUT2D eigenvalue weighted by Crippen LogP contribution is 2.25. The van der Waals surface area contributed by atoms with Gasteiger partial charge in [0.2, 0.25) is 0 Å². The molecule has 6 nitrogen and oxygen atoms in total. The summed E-state index contributed by atoms with van der Waals surface area (Å²) in [6.45, 7) is 2.28. The molecule has 0 bridgehead atoms. The fourth-order valence-electron chi connectivity index (χ4n) is 2.42. The van der Waals surface area contributed by atoms with Crippen LogP contribution in [0.2, 0.25) is 0 Å². The number of amides is 2. The van der Waals surface area contributed by atoms with Crippen LogP contribution in [0.1, 0.15) is 23.7 Å². The summed E-state index contributed by atoms with van der Waals surface area (Å²) in [5.74, 6) is -0.984. The lowest BCUT2D eigenvalue weighted by Crippen LogP contribution is -2.25. The summed E-state index contributed by atoms with van der Waals surface area (Å²) < 4.78 is 19.5. The Kier molecular flexibility index (Phi) is 4.41. The van der Waals surface area contributed by atoms with Crippen LogP contribution in [-0.4, -0.2) is 29.6 Å². The van der Waals surface area contributed by atoms with Gasteiger partial charge in [-0.25, -0.2) is 14.2 Å². The Hall–Kier alpha value is -2.96. The van der Waals surface area contributed by atoms with E-state index in [9.17, 15) is 14.0 Å². The number of pyridine rings is 1. The van der Waals surface area contributed by atoms with Crippen LogP contribution < -0.4 is 10.2 Å². The van der Waals surface area contributed by atoms with Crippen molar-refractivity contribution in [1.82, 2.24) is 4.98 Å². The van der Waals surface area contributed by atoms with E-state index < -0.39 is 17.8 Å². The van der Waals surface area contributed by atoms with Gasteiger partial charge in [0.05, 0.1) is 17.8 Å². The Labute approximate surface area is 138 Å². The molecule has 1 saturated heterocycles. The van der Waals surface area contributed by atoms with Gasteiger partial charge in [0.25, 0.3) is 5.91 Å². The lowest BCUT2D eigenvalue weighted by atomic mass is 10.1. The number of carbonyl (C=O) groups is 2. The molecule has 124 valence electrons. The van der Waals surface area contributed by atoms with Crippen molar-refractivity contribution >= 4 is 23.5 Å². The van der Waals surface area contributed by atoms with Crippen molar-refractivity contribution in [2.75, 3.05) is 16.8 Å². The summed E-state index contributed by atoms with van der Waals surface area (Å²) in [7, 11) is 0. The number of carbonyl (C=O) groups excluding carboxylic acids is 2. The van der Waals surface area contributed by atoms with Crippen molar-refractivity contribution in [1.29, 1.82) is 0 Å². The summed E-state index contributed by atoms with van der Waals surface area (Å²) in [6.07, 6.45) is 1.51. The molecule has 3 rings (SSSR count). The summed E-state index contributed by atoms with van der Waals surface area (Å²) in [4.78, 5) is 29.3. The van der Waals surface area contributed by atoms with E-state index in [1.165, 1.54) is 23.2 Å². The molecule has 0 spiro atoms. The number of nitrogens with one attached hydrogen (secondary N) is 1. The Morgan fingerprint density at radius 2 is 2.25 bits per heavy atom. The third-order valence-electron chi connectivity index (χ3n) is 3.74. The van der Waals surface area contributed by atoms with Gasteiger partial charge in [-0.15, -0.1) is 0 Å². The van der Waals surface area contributed by atoms with Crippen LogP contribution in [0.5, 0.6) is 0 Å². The predicted molar refractivity (Wildman–Crippen MR) is 86.5 cm³/mol. The van der Waals surface area contributed by atoms with Crippen LogP contribution in [0.3, 0.4) is 0 Å². The highest BCUT2D eigenvalue weighted by atomic mass is 19.1. The molecule has 1 aromatic carbocycles. The molecule has 1 aliphatic heterocycles. The monoisotopic (exact) mass is 329 g/mol. The highest BCUT2D eigenvalue weighted by Gasteiger charge is 2.31. The molecule has 0 saturated carbocycles. The maximum absolute atomic E-state index is 14.3. The van der Waals surface area contributed by atoms with Crippen LogP contribution in [0, 0.1) is 5.82 Å². The Morgan fingerprint density at radius 1 is 1.42 bits per heavy atom. The molecular formula is C17H16FN3O3. The second-order valence-corrected chi connectivity index (χ2v) is 5.36. The molecule has 2 aromatic rings. The van der Waals surface area contributed by atoms with Gasteiger partial charge < -0.3 is 10.1 Å². The van der Waals surface area contributed by atoms with Crippen LogP contribution in [0.4, 0.5) is 20.7 Å². The fourth-order valence-corrected chi connectivity index (χ4v) is 2.42. The molecule has 1 fully saturated rings. The van der Waals surface area contributed by atoms with Crippen LogP contribution in [0.15, 0.2) is 42.6 Å². The number of anilines is 2. The quantitative estimate of drug-likeness (QED) is 0.935. The zero-order valence-electron chi connectivity index (χ0n) is 13.0. The highest BCUT2D eigenvalue weighted by molar-refractivity contribution is 6.04. The van der Waals surface area contributed by atoms with E-state index in [1.54, 1.807) is 18.2 Å². The molecule has 2 heterocycles. The molecule has 7 heteroatoms. The zero-order valence-corrected chi connectivity index (χ0v) is 13.0. The molecular weight excluding hydrogens is 313 g/mol. The van der Waals surface area contributed by atoms with E-state index in [2.05, 4.69) is 10.3 Å². The normalized spacial score (nSPS) is 16.8. The third kappa shape index (κ3) is 3.19. The van der Waals surface area contributed by atoms with Crippen molar-refractivity contribution < 1.29 is 18.7 Å². The molecule has 0 radical (unpaired) electrons. The van der Waals surface area contributed by atoms with Crippen molar-refractivity contribution in [2.45, 2.75) is 19.4 Å². The number of rotatable bonds is 4. The number of aromatic nitrogens is 1. The molecule has 1 unspecified atom stereocenters. The maximum atomic E-state index is 14.3. The Balaban J connectivity index is 1.78.